The van der Waals surface area contributed by atoms with E-state index in [1.165, 1.54) is 16.9 Å². The number of aromatic amines is 1. The van der Waals surface area contributed by atoms with Crippen molar-refractivity contribution in [3.63, 3.8) is 0 Å². The zero-order chi connectivity index (χ0) is 14.2. The monoisotopic (exact) mass is 263 g/mol. The molecule has 8 nitrogen and oxygen atoms in total. The van der Waals surface area contributed by atoms with Gasteiger partial charge >= 0.3 is 5.97 Å². The van der Waals surface area contributed by atoms with Crippen molar-refractivity contribution in [3.05, 3.63) is 34.1 Å². The fourth-order valence-corrected chi connectivity index (χ4v) is 1.52. The Bertz CT molecular complexity index is 686. The van der Waals surface area contributed by atoms with Crippen molar-refractivity contribution in [1.29, 1.82) is 0 Å². The van der Waals surface area contributed by atoms with Crippen LogP contribution in [0.15, 0.2) is 17.1 Å². The fraction of sp³-hybridized carbons (Fsp3) is 0.273. The molecule has 0 unspecified atom stereocenters. The first kappa shape index (κ1) is 12.8. The maximum absolute atomic E-state index is 11.5. The molecule has 2 rings (SSSR count). The number of hydrogen-bond donors (Lipinski definition) is 3. The van der Waals surface area contributed by atoms with Gasteiger partial charge in [0.25, 0.3) is 5.56 Å². The third-order valence-electron chi connectivity index (χ3n) is 2.47. The highest BCUT2D eigenvalue weighted by Crippen LogP contribution is 2.13. The number of nitrogens with zero attached hydrogens (tertiary/aromatic N) is 3. The second kappa shape index (κ2) is 4.56. The summed E-state index contributed by atoms with van der Waals surface area (Å²) in [5, 5.41) is 12.7. The summed E-state index contributed by atoms with van der Waals surface area (Å²) < 4.78 is 1.18. The number of aromatic nitrogens is 4. The number of carboxylic acids is 1. The Morgan fingerprint density at radius 2 is 2.21 bits per heavy atom. The van der Waals surface area contributed by atoms with Crippen LogP contribution in [0.1, 0.15) is 36.1 Å². The van der Waals surface area contributed by atoms with Crippen LogP contribution in [-0.4, -0.2) is 30.8 Å². The van der Waals surface area contributed by atoms with Crippen molar-refractivity contribution in [2.24, 2.45) is 0 Å². The maximum Gasteiger partial charge on any atom is 0.358 e. The second-order valence-electron chi connectivity index (χ2n) is 4.33. The van der Waals surface area contributed by atoms with Gasteiger partial charge in [-0.05, 0) is 0 Å². The maximum atomic E-state index is 11.5. The predicted octanol–water partition coefficient (Wildman–Crippen LogP) is 0.359. The minimum Gasteiger partial charge on any atom is -0.476 e. The van der Waals surface area contributed by atoms with E-state index in [2.05, 4.69) is 15.1 Å². The lowest BCUT2D eigenvalue weighted by Gasteiger charge is -2.06. The average Bonchev–Trinajstić information content (AvgIpc) is 2.70. The van der Waals surface area contributed by atoms with Gasteiger partial charge in [-0.2, -0.15) is 5.10 Å². The van der Waals surface area contributed by atoms with Gasteiger partial charge in [0.2, 0.25) is 0 Å². The van der Waals surface area contributed by atoms with Gasteiger partial charge in [-0.1, -0.05) is 13.8 Å². The first-order valence-corrected chi connectivity index (χ1v) is 5.58. The Hall–Kier alpha value is -2.64. The number of H-pyrrole nitrogens is 1. The molecule has 0 aromatic carbocycles. The van der Waals surface area contributed by atoms with Crippen LogP contribution in [0, 0.1) is 0 Å². The normalized spacial score (nSPS) is 10.9. The molecule has 100 valence electrons. The topological polar surface area (TPSA) is 127 Å². The first-order valence-electron chi connectivity index (χ1n) is 5.58. The van der Waals surface area contributed by atoms with Crippen LogP contribution in [0.5, 0.6) is 0 Å². The largest absolute Gasteiger partial charge is 0.476 e. The summed E-state index contributed by atoms with van der Waals surface area (Å²) >= 11 is 0. The molecule has 0 atom stereocenters. The van der Waals surface area contributed by atoms with Crippen molar-refractivity contribution in [2.45, 2.75) is 19.8 Å². The van der Waals surface area contributed by atoms with Crippen LogP contribution in [0.25, 0.3) is 5.82 Å². The molecule has 0 fully saturated rings. The third kappa shape index (κ3) is 2.46. The predicted molar refractivity (Wildman–Crippen MR) is 67.4 cm³/mol. The van der Waals surface area contributed by atoms with Crippen molar-refractivity contribution < 1.29 is 9.90 Å². The highest BCUT2D eigenvalue weighted by Gasteiger charge is 2.15. The molecule has 0 amide bonds. The van der Waals surface area contributed by atoms with Gasteiger partial charge < -0.3 is 15.8 Å². The zero-order valence-corrected chi connectivity index (χ0v) is 10.4. The van der Waals surface area contributed by atoms with Gasteiger partial charge in [0, 0.05) is 12.0 Å². The summed E-state index contributed by atoms with van der Waals surface area (Å²) in [5.74, 6) is -0.482. The van der Waals surface area contributed by atoms with E-state index < -0.39 is 5.97 Å². The molecular weight excluding hydrogens is 250 g/mol. The standard InChI is InChI=1S/C11H13N5O3/c1-5(2)10-13-7(3-8(17)14-10)16-4-6(12)9(15-16)11(18)19/h3-5H,12H2,1-2H3,(H,18,19)(H,13,14,17). The van der Waals surface area contributed by atoms with Crippen molar-refractivity contribution in [3.8, 4) is 5.82 Å². The Balaban J connectivity index is 2.56. The molecule has 0 bridgehead atoms. The molecule has 0 saturated heterocycles. The molecule has 2 heterocycles. The van der Waals surface area contributed by atoms with Gasteiger partial charge in [-0.3, -0.25) is 4.79 Å². The van der Waals surface area contributed by atoms with Crippen LogP contribution >= 0.6 is 0 Å². The Labute approximate surface area is 107 Å². The molecule has 4 N–H and O–H groups in total. The van der Waals surface area contributed by atoms with Crippen LogP contribution < -0.4 is 11.3 Å². The lowest BCUT2D eigenvalue weighted by molar-refractivity contribution is 0.0691. The number of carboxylic acid groups (broad SMARTS) is 1. The van der Waals surface area contributed by atoms with Gasteiger partial charge in [-0.15, -0.1) is 0 Å². The van der Waals surface area contributed by atoms with Crippen LogP contribution in [0.2, 0.25) is 0 Å². The number of nitrogens with one attached hydrogen (secondary N) is 1. The van der Waals surface area contributed by atoms with E-state index in [0.29, 0.717) is 5.82 Å². The van der Waals surface area contributed by atoms with Crippen LogP contribution in [0.4, 0.5) is 5.69 Å². The lowest BCUT2D eigenvalue weighted by atomic mass is 10.2. The molecular formula is C11H13N5O3. The molecule has 0 spiro atoms. The summed E-state index contributed by atoms with van der Waals surface area (Å²) in [7, 11) is 0. The van der Waals surface area contributed by atoms with Gasteiger partial charge in [0.15, 0.2) is 11.5 Å². The fourth-order valence-electron chi connectivity index (χ4n) is 1.52. The van der Waals surface area contributed by atoms with E-state index >= 15 is 0 Å². The summed E-state index contributed by atoms with van der Waals surface area (Å²) in [5.41, 5.74) is 4.95. The molecule has 2 aromatic rings. The number of carbonyl (C=O) groups is 1. The van der Waals surface area contributed by atoms with Crippen molar-refractivity contribution in [1.82, 2.24) is 19.7 Å². The summed E-state index contributed by atoms with van der Waals surface area (Å²) in [6.07, 6.45) is 1.31. The van der Waals surface area contributed by atoms with Gasteiger partial charge in [0.1, 0.15) is 5.82 Å². The van der Waals surface area contributed by atoms with E-state index in [1.54, 1.807) is 0 Å². The number of rotatable bonds is 3. The molecule has 0 aliphatic rings. The summed E-state index contributed by atoms with van der Waals surface area (Å²) in [4.78, 5) is 29.2. The smallest absolute Gasteiger partial charge is 0.358 e. The Morgan fingerprint density at radius 1 is 1.53 bits per heavy atom. The Kier molecular flexibility index (Phi) is 3.07. The van der Waals surface area contributed by atoms with Gasteiger partial charge in [0.05, 0.1) is 11.9 Å². The van der Waals surface area contributed by atoms with Crippen molar-refractivity contribution >= 4 is 11.7 Å². The molecule has 0 aliphatic heterocycles. The quantitative estimate of drug-likeness (QED) is 0.733. The van der Waals surface area contributed by atoms with E-state index in [0.717, 1.165) is 0 Å². The van der Waals surface area contributed by atoms with Crippen LogP contribution in [-0.2, 0) is 0 Å². The second-order valence-corrected chi connectivity index (χ2v) is 4.33. The highest BCUT2D eigenvalue weighted by atomic mass is 16.4. The molecule has 0 radical (unpaired) electrons. The van der Waals surface area contributed by atoms with E-state index in [1.807, 2.05) is 13.8 Å². The Morgan fingerprint density at radius 3 is 2.74 bits per heavy atom. The lowest BCUT2D eigenvalue weighted by Crippen LogP contribution is -2.15. The summed E-state index contributed by atoms with van der Waals surface area (Å²) in [6.45, 7) is 3.75. The van der Waals surface area contributed by atoms with Crippen molar-refractivity contribution in [2.75, 3.05) is 5.73 Å². The number of anilines is 1. The van der Waals surface area contributed by atoms with E-state index in [-0.39, 0.29) is 28.7 Å². The highest BCUT2D eigenvalue weighted by molar-refractivity contribution is 5.91. The molecule has 19 heavy (non-hydrogen) atoms. The molecule has 0 saturated carbocycles. The van der Waals surface area contributed by atoms with Gasteiger partial charge in [-0.25, -0.2) is 14.5 Å². The first-order chi connectivity index (χ1) is 8.88. The molecule has 8 heteroatoms. The summed E-state index contributed by atoms with van der Waals surface area (Å²) in [6, 6.07) is 1.23. The van der Waals surface area contributed by atoms with E-state index in [4.69, 9.17) is 10.8 Å². The number of aromatic carboxylic acids is 1. The third-order valence-corrected chi connectivity index (χ3v) is 2.47. The van der Waals surface area contributed by atoms with E-state index in [9.17, 15) is 9.59 Å². The SMILES string of the molecule is CC(C)c1nc(-n2cc(N)c(C(=O)O)n2)cc(=O)[nH]1. The number of nitrogens with two attached hydrogens (primary N) is 1. The minimum atomic E-state index is -1.23. The number of nitrogen functional groups attached to an aromatic ring is 1. The zero-order valence-electron chi connectivity index (χ0n) is 10.4. The molecule has 2 aromatic heterocycles. The number of hydrogen-bond acceptors (Lipinski definition) is 5. The van der Waals surface area contributed by atoms with Crippen LogP contribution in [0.3, 0.4) is 0 Å². The minimum absolute atomic E-state index is 0.0145. The molecule has 0 aliphatic carbocycles. The average molecular weight is 263 g/mol.